The molecule has 0 aliphatic heterocycles. The quantitative estimate of drug-likeness (QED) is 0.840. The summed E-state index contributed by atoms with van der Waals surface area (Å²) in [5.41, 5.74) is 3.71. The van der Waals surface area contributed by atoms with E-state index in [1.54, 1.807) is 18.2 Å². The van der Waals surface area contributed by atoms with Crippen molar-refractivity contribution in [2.75, 3.05) is 0 Å². The third-order valence-corrected chi connectivity index (χ3v) is 3.55. The van der Waals surface area contributed by atoms with Crippen LogP contribution in [0.1, 0.15) is 27.9 Å². The molecule has 0 saturated carbocycles. The lowest BCUT2D eigenvalue weighted by molar-refractivity contribution is 0.613. The normalized spacial score (nSPS) is 10.2. The highest BCUT2D eigenvalue weighted by Crippen LogP contribution is 2.21. The van der Waals surface area contributed by atoms with E-state index in [0.717, 1.165) is 16.8 Å². The molecule has 0 aliphatic rings. The van der Waals surface area contributed by atoms with Crippen LogP contribution in [0.15, 0.2) is 24.3 Å². The molecule has 0 amide bonds. The number of aryl methyl sites for hydroxylation is 1. The van der Waals surface area contributed by atoms with Gasteiger partial charge in [-0.3, -0.25) is 0 Å². The third kappa shape index (κ3) is 2.56. The van der Waals surface area contributed by atoms with E-state index in [9.17, 15) is 4.39 Å². The van der Waals surface area contributed by atoms with E-state index >= 15 is 0 Å². The van der Waals surface area contributed by atoms with Gasteiger partial charge in [-0.05, 0) is 36.6 Å². The number of pyridine rings is 1. The fourth-order valence-electron chi connectivity index (χ4n) is 2.14. The van der Waals surface area contributed by atoms with Gasteiger partial charge in [0.1, 0.15) is 16.5 Å². The van der Waals surface area contributed by atoms with Gasteiger partial charge in [-0.15, -0.1) is 0 Å². The summed E-state index contributed by atoms with van der Waals surface area (Å²) in [4.78, 5) is 3.01. The molecule has 0 aliphatic carbocycles. The van der Waals surface area contributed by atoms with E-state index in [-0.39, 0.29) is 5.82 Å². The van der Waals surface area contributed by atoms with E-state index in [4.69, 9.17) is 17.5 Å². The Labute approximate surface area is 116 Å². The van der Waals surface area contributed by atoms with Crippen molar-refractivity contribution in [2.24, 2.45) is 0 Å². The zero-order chi connectivity index (χ0) is 14.0. The Balaban J connectivity index is 2.56. The Kier molecular flexibility index (Phi) is 3.77. The average Bonchev–Trinajstić information content (AvgIpc) is 2.36. The Morgan fingerprint density at radius 3 is 2.63 bits per heavy atom. The largest absolute Gasteiger partial charge is 0.349 e. The highest BCUT2D eigenvalue weighted by Gasteiger charge is 2.12. The van der Waals surface area contributed by atoms with Gasteiger partial charge in [0.05, 0.1) is 5.56 Å². The van der Waals surface area contributed by atoms with Crippen LogP contribution >= 0.6 is 12.2 Å². The van der Waals surface area contributed by atoms with Crippen LogP contribution in [0, 0.1) is 35.6 Å². The summed E-state index contributed by atoms with van der Waals surface area (Å²) in [7, 11) is 0. The fourth-order valence-corrected chi connectivity index (χ4v) is 2.49. The number of aromatic amines is 1. The molecular formula is C15H13FN2S. The molecule has 0 spiro atoms. The standard InChI is InChI=1S/C15H13FN2S/c1-9-12(7-11-5-3-4-6-14(11)16)10(2)18-15(19)13(9)8-17/h3-6H,7H2,1-2H3,(H,18,19). The van der Waals surface area contributed by atoms with Gasteiger partial charge < -0.3 is 4.98 Å². The Morgan fingerprint density at radius 1 is 1.32 bits per heavy atom. The number of rotatable bonds is 2. The Hall–Kier alpha value is -1.99. The molecule has 19 heavy (non-hydrogen) atoms. The number of nitrogens with one attached hydrogen (secondary N) is 1. The molecule has 0 fully saturated rings. The molecule has 1 heterocycles. The number of hydrogen-bond donors (Lipinski definition) is 1. The zero-order valence-electron chi connectivity index (χ0n) is 10.7. The number of H-pyrrole nitrogens is 1. The number of nitrogens with zero attached hydrogens (tertiary/aromatic N) is 1. The van der Waals surface area contributed by atoms with E-state index in [1.165, 1.54) is 6.07 Å². The second-order valence-electron chi connectivity index (χ2n) is 4.44. The van der Waals surface area contributed by atoms with Crippen molar-refractivity contribution >= 4 is 12.2 Å². The maximum Gasteiger partial charge on any atom is 0.126 e. The van der Waals surface area contributed by atoms with Crippen molar-refractivity contribution in [1.82, 2.24) is 4.98 Å². The van der Waals surface area contributed by atoms with Crippen molar-refractivity contribution in [3.63, 3.8) is 0 Å². The average molecular weight is 272 g/mol. The lowest BCUT2D eigenvalue weighted by atomic mass is 9.96. The molecule has 1 aromatic carbocycles. The minimum absolute atomic E-state index is 0.234. The summed E-state index contributed by atoms with van der Waals surface area (Å²) in [5, 5.41) is 9.12. The van der Waals surface area contributed by atoms with Crippen LogP contribution in [0.25, 0.3) is 0 Å². The van der Waals surface area contributed by atoms with E-state index in [2.05, 4.69) is 11.1 Å². The lowest BCUT2D eigenvalue weighted by Gasteiger charge is -2.12. The van der Waals surface area contributed by atoms with Crippen LogP contribution in [0.2, 0.25) is 0 Å². The second kappa shape index (κ2) is 5.33. The SMILES string of the molecule is Cc1[nH]c(=S)c(C#N)c(C)c1Cc1ccccc1F. The van der Waals surface area contributed by atoms with Crippen molar-refractivity contribution in [1.29, 1.82) is 5.26 Å². The van der Waals surface area contributed by atoms with Crippen LogP contribution in [0.5, 0.6) is 0 Å². The van der Waals surface area contributed by atoms with Gasteiger partial charge in [-0.1, -0.05) is 30.4 Å². The molecule has 0 atom stereocenters. The van der Waals surface area contributed by atoms with Crippen molar-refractivity contribution < 1.29 is 4.39 Å². The van der Waals surface area contributed by atoms with Crippen molar-refractivity contribution in [2.45, 2.75) is 20.3 Å². The summed E-state index contributed by atoms with van der Waals surface area (Å²) in [6.07, 6.45) is 0.450. The number of benzene rings is 1. The first-order valence-electron chi connectivity index (χ1n) is 5.90. The van der Waals surface area contributed by atoms with E-state index < -0.39 is 0 Å². The molecule has 2 nitrogen and oxygen atoms in total. The topological polar surface area (TPSA) is 39.6 Å². The van der Waals surface area contributed by atoms with Crippen LogP contribution in [0.4, 0.5) is 4.39 Å². The van der Waals surface area contributed by atoms with Gasteiger partial charge in [0.25, 0.3) is 0 Å². The second-order valence-corrected chi connectivity index (χ2v) is 4.85. The fraction of sp³-hybridized carbons (Fsp3) is 0.200. The number of nitriles is 1. The molecule has 2 aromatic rings. The number of aromatic nitrogens is 1. The Bertz CT molecular complexity index is 726. The van der Waals surface area contributed by atoms with Crippen LogP contribution in [-0.4, -0.2) is 4.98 Å². The van der Waals surface area contributed by atoms with Crippen LogP contribution < -0.4 is 0 Å². The third-order valence-electron chi connectivity index (χ3n) is 3.25. The highest BCUT2D eigenvalue weighted by molar-refractivity contribution is 7.71. The molecule has 1 aromatic heterocycles. The molecule has 1 N–H and O–H groups in total. The van der Waals surface area contributed by atoms with E-state index in [0.29, 0.717) is 22.2 Å². The first-order chi connectivity index (χ1) is 9.04. The monoisotopic (exact) mass is 272 g/mol. The number of halogens is 1. The van der Waals surface area contributed by atoms with Gasteiger partial charge in [0, 0.05) is 12.1 Å². The lowest BCUT2D eigenvalue weighted by Crippen LogP contribution is -2.03. The highest BCUT2D eigenvalue weighted by atomic mass is 32.1. The molecule has 0 radical (unpaired) electrons. The van der Waals surface area contributed by atoms with Crippen LogP contribution in [-0.2, 0) is 6.42 Å². The summed E-state index contributed by atoms with van der Waals surface area (Å²) in [5.74, 6) is -0.234. The first-order valence-corrected chi connectivity index (χ1v) is 6.31. The van der Waals surface area contributed by atoms with Gasteiger partial charge in [0.15, 0.2) is 0 Å². The summed E-state index contributed by atoms with van der Waals surface area (Å²) < 4.78 is 14.1. The maximum atomic E-state index is 13.7. The summed E-state index contributed by atoms with van der Waals surface area (Å²) in [6.45, 7) is 3.74. The molecular weight excluding hydrogens is 259 g/mol. The minimum atomic E-state index is -0.234. The smallest absolute Gasteiger partial charge is 0.126 e. The summed E-state index contributed by atoms with van der Waals surface area (Å²) in [6, 6.07) is 8.76. The molecule has 0 bridgehead atoms. The molecule has 96 valence electrons. The van der Waals surface area contributed by atoms with Gasteiger partial charge in [0.2, 0.25) is 0 Å². The van der Waals surface area contributed by atoms with Gasteiger partial charge in [-0.25, -0.2) is 4.39 Å². The maximum absolute atomic E-state index is 13.7. The first kappa shape index (κ1) is 13.4. The predicted molar refractivity (Wildman–Crippen MR) is 75.0 cm³/mol. The molecule has 2 rings (SSSR count). The van der Waals surface area contributed by atoms with Gasteiger partial charge >= 0.3 is 0 Å². The molecule has 0 saturated heterocycles. The zero-order valence-corrected chi connectivity index (χ0v) is 11.6. The van der Waals surface area contributed by atoms with Crippen molar-refractivity contribution in [3.05, 3.63) is 62.7 Å². The summed E-state index contributed by atoms with van der Waals surface area (Å²) >= 11 is 5.12. The minimum Gasteiger partial charge on any atom is -0.349 e. The van der Waals surface area contributed by atoms with Gasteiger partial charge in [-0.2, -0.15) is 5.26 Å². The predicted octanol–water partition coefficient (Wildman–Crippen LogP) is 3.96. The van der Waals surface area contributed by atoms with E-state index in [1.807, 2.05) is 13.8 Å². The Morgan fingerprint density at radius 2 is 2.00 bits per heavy atom. The van der Waals surface area contributed by atoms with Crippen LogP contribution in [0.3, 0.4) is 0 Å². The van der Waals surface area contributed by atoms with Crippen molar-refractivity contribution in [3.8, 4) is 6.07 Å². The molecule has 0 unspecified atom stereocenters. The number of hydrogen-bond acceptors (Lipinski definition) is 2. The molecule has 4 heteroatoms.